The molecule has 47 heavy (non-hydrogen) atoms. The first-order chi connectivity index (χ1) is 22.8. The van der Waals surface area contributed by atoms with Crippen LogP contribution in [0.2, 0.25) is 0 Å². The van der Waals surface area contributed by atoms with Crippen LogP contribution < -0.4 is 0 Å². The molecule has 0 aliphatic rings. The molecule has 0 aliphatic carbocycles. The van der Waals surface area contributed by atoms with Crippen molar-refractivity contribution in [3.05, 3.63) is 0 Å². The highest BCUT2D eigenvalue weighted by Crippen LogP contribution is 2.36. The van der Waals surface area contributed by atoms with Crippen molar-refractivity contribution < 1.29 is 37.9 Å². The predicted octanol–water partition coefficient (Wildman–Crippen LogP) is 11.7. The summed E-state index contributed by atoms with van der Waals surface area (Å²) in [4.78, 5) is 42.6. The first-order valence-corrected chi connectivity index (χ1v) is 21.4. The molecule has 0 aliphatic heterocycles. The molecule has 0 heterocycles. The van der Waals surface area contributed by atoms with Crippen LogP contribution in [0.4, 0.5) is 0 Å². The van der Waals surface area contributed by atoms with Crippen LogP contribution in [-0.2, 0) is 28.2 Å². The summed E-state index contributed by atoms with van der Waals surface area (Å²) in [6.45, 7) is 3.67. The summed E-state index contributed by atoms with van der Waals surface area (Å²) in [5.74, 6) is -0.876. The van der Waals surface area contributed by atoms with Gasteiger partial charge < -0.3 is 19.3 Å². The second-order valence-electron chi connectivity index (χ2n) is 13.6. The van der Waals surface area contributed by atoms with E-state index < -0.39 is 32.5 Å². The first-order valence-electron chi connectivity index (χ1n) is 19.8. The van der Waals surface area contributed by atoms with Crippen molar-refractivity contribution in [1.29, 1.82) is 0 Å². The Morgan fingerprint density at radius 3 is 1.09 bits per heavy atom. The molecular weight excluding hydrogens is 615 g/mol. The van der Waals surface area contributed by atoms with Gasteiger partial charge in [0, 0.05) is 12.8 Å². The number of ether oxygens (including phenoxy) is 2. The molecule has 0 aromatic carbocycles. The van der Waals surface area contributed by atoms with Crippen molar-refractivity contribution in [2.45, 2.75) is 219 Å². The Bertz CT molecular complexity index is 741. The fraction of sp³-hybridized carbons (Fsp3) is 0.947. The van der Waals surface area contributed by atoms with Crippen LogP contribution in [0.15, 0.2) is 0 Å². The van der Waals surface area contributed by atoms with E-state index in [0.29, 0.717) is 6.42 Å². The first kappa shape index (κ1) is 46.0. The lowest BCUT2D eigenvalue weighted by Gasteiger charge is -2.18. The van der Waals surface area contributed by atoms with Crippen molar-refractivity contribution in [2.75, 3.05) is 13.2 Å². The van der Waals surface area contributed by atoms with E-state index in [0.717, 1.165) is 32.1 Å². The number of phosphoric acid groups is 1. The smallest absolute Gasteiger partial charge is 0.462 e. The molecule has 0 spiro atoms. The second-order valence-corrected chi connectivity index (χ2v) is 14.9. The van der Waals surface area contributed by atoms with Crippen LogP contribution in [0.5, 0.6) is 0 Å². The highest BCUT2D eigenvalue weighted by atomic mass is 31.2. The molecule has 0 saturated carbocycles. The van der Waals surface area contributed by atoms with Crippen molar-refractivity contribution in [1.82, 2.24) is 0 Å². The maximum atomic E-state index is 12.3. The highest BCUT2D eigenvalue weighted by molar-refractivity contribution is 7.46. The highest BCUT2D eigenvalue weighted by Gasteiger charge is 2.22. The van der Waals surface area contributed by atoms with Crippen LogP contribution in [0.25, 0.3) is 0 Å². The van der Waals surface area contributed by atoms with Crippen LogP contribution in [0, 0.1) is 0 Å². The minimum Gasteiger partial charge on any atom is -0.462 e. The Balaban J connectivity index is 3.78. The maximum absolute atomic E-state index is 12.3. The van der Waals surface area contributed by atoms with E-state index in [1.165, 1.54) is 148 Å². The zero-order valence-electron chi connectivity index (χ0n) is 30.7. The zero-order valence-corrected chi connectivity index (χ0v) is 31.6. The zero-order chi connectivity index (χ0) is 34.7. The predicted molar refractivity (Wildman–Crippen MR) is 193 cm³/mol. The van der Waals surface area contributed by atoms with E-state index in [-0.39, 0.29) is 19.4 Å². The average molecular weight is 691 g/mol. The topological polar surface area (TPSA) is 119 Å². The van der Waals surface area contributed by atoms with E-state index in [1.54, 1.807) is 0 Å². The third kappa shape index (κ3) is 37.7. The number of unbranched alkanes of at least 4 members (excludes halogenated alkanes) is 27. The number of carbonyl (C=O) groups is 2. The van der Waals surface area contributed by atoms with Crippen molar-refractivity contribution >= 4 is 19.8 Å². The summed E-state index contributed by atoms with van der Waals surface area (Å²) in [5.41, 5.74) is 0. The van der Waals surface area contributed by atoms with Gasteiger partial charge in [0.05, 0.1) is 6.61 Å². The monoisotopic (exact) mass is 691 g/mol. The van der Waals surface area contributed by atoms with Crippen LogP contribution in [0.3, 0.4) is 0 Å². The normalized spacial score (nSPS) is 12.3. The fourth-order valence-corrected chi connectivity index (χ4v) is 6.26. The molecule has 1 unspecified atom stereocenters. The fourth-order valence-electron chi connectivity index (χ4n) is 5.90. The van der Waals surface area contributed by atoms with E-state index in [4.69, 9.17) is 19.3 Å². The summed E-state index contributed by atoms with van der Waals surface area (Å²) in [7, 11) is -4.74. The molecule has 8 nitrogen and oxygen atoms in total. The quantitative estimate of drug-likeness (QED) is 0.0375. The SMILES string of the molecule is CCCCCCCCCCCCCCCCCCCCCCCC(=O)OC(COC(=O)CCCCCCCCCC)COP(=O)(O)O. The summed E-state index contributed by atoms with van der Waals surface area (Å²) in [6, 6.07) is 0. The number of esters is 2. The van der Waals surface area contributed by atoms with E-state index >= 15 is 0 Å². The van der Waals surface area contributed by atoms with Crippen LogP contribution in [-0.4, -0.2) is 41.0 Å². The molecule has 0 rings (SSSR count). The molecule has 0 radical (unpaired) electrons. The number of hydrogen-bond acceptors (Lipinski definition) is 6. The molecule has 2 N–H and O–H groups in total. The van der Waals surface area contributed by atoms with Crippen LogP contribution >= 0.6 is 7.82 Å². The number of carbonyl (C=O) groups excluding carboxylic acids is 2. The third-order valence-electron chi connectivity index (χ3n) is 8.88. The lowest BCUT2D eigenvalue weighted by atomic mass is 10.0. The molecule has 1 atom stereocenters. The summed E-state index contributed by atoms with van der Waals surface area (Å²) in [5, 5.41) is 0. The van der Waals surface area contributed by atoms with Gasteiger partial charge in [-0.15, -0.1) is 0 Å². The molecular formula is C38H75O8P. The number of hydrogen-bond donors (Lipinski definition) is 2. The van der Waals surface area contributed by atoms with Crippen molar-refractivity contribution in [2.24, 2.45) is 0 Å². The Morgan fingerprint density at radius 2 is 0.766 bits per heavy atom. The van der Waals surface area contributed by atoms with Gasteiger partial charge in [-0.1, -0.05) is 187 Å². The van der Waals surface area contributed by atoms with E-state index in [1.807, 2.05) is 0 Å². The van der Waals surface area contributed by atoms with Gasteiger partial charge in [0.15, 0.2) is 6.10 Å². The van der Waals surface area contributed by atoms with Gasteiger partial charge in [-0.05, 0) is 12.8 Å². The van der Waals surface area contributed by atoms with Crippen molar-refractivity contribution in [3.8, 4) is 0 Å². The summed E-state index contributed by atoms with van der Waals surface area (Å²) < 4.78 is 26.2. The van der Waals surface area contributed by atoms with Gasteiger partial charge in [-0.25, -0.2) is 4.57 Å². The minimum atomic E-state index is -4.74. The Labute approximate surface area is 289 Å². The van der Waals surface area contributed by atoms with Gasteiger partial charge in [-0.2, -0.15) is 0 Å². The Hall–Kier alpha value is -0.950. The molecule has 0 fully saturated rings. The number of rotatable bonds is 37. The molecule has 280 valence electrons. The van der Waals surface area contributed by atoms with Crippen LogP contribution in [0.1, 0.15) is 213 Å². The van der Waals surface area contributed by atoms with Gasteiger partial charge in [-0.3, -0.25) is 14.1 Å². The summed E-state index contributed by atoms with van der Waals surface area (Å²) >= 11 is 0. The lowest BCUT2D eigenvalue weighted by molar-refractivity contribution is -0.161. The number of phosphoric ester groups is 1. The molecule has 0 bridgehead atoms. The summed E-state index contributed by atoms with van der Waals surface area (Å²) in [6.07, 6.45) is 35.6. The Kier molecular flexibility index (Phi) is 34.2. The van der Waals surface area contributed by atoms with Gasteiger partial charge in [0.2, 0.25) is 0 Å². The van der Waals surface area contributed by atoms with Gasteiger partial charge >= 0.3 is 19.8 Å². The molecule has 0 amide bonds. The standard InChI is InChI=1S/C38H75O8P/c1-3-5-7-9-11-13-14-15-16-17-18-19-20-21-22-23-24-25-27-29-31-33-38(40)46-36(35-45-47(41,42)43)34-44-37(39)32-30-28-26-12-10-8-6-4-2/h36H,3-35H2,1-2H3,(H2,41,42,43). The van der Waals surface area contributed by atoms with Crippen molar-refractivity contribution in [3.63, 3.8) is 0 Å². The molecule has 0 aromatic rings. The largest absolute Gasteiger partial charge is 0.469 e. The third-order valence-corrected chi connectivity index (χ3v) is 9.36. The molecule has 0 saturated heterocycles. The molecule has 0 aromatic heterocycles. The second kappa shape index (κ2) is 34.9. The van der Waals surface area contributed by atoms with Gasteiger partial charge in [0.1, 0.15) is 6.61 Å². The maximum Gasteiger partial charge on any atom is 0.469 e. The van der Waals surface area contributed by atoms with E-state index in [9.17, 15) is 14.2 Å². The van der Waals surface area contributed by atoms with Gasteiger partial charge in [0.25, 0.3) is 0 Å². The Morgan fingerprint density at radius 1 is 0.468 bits per heavy atom. The lowest BCUT2D eigenvalue weighted by Crippen LogP contribution is -2.29. The minimum absolute atomic E-state index is 0.220. The average Bonchev–Trinajstić information content (AvgIpc) is 3.04. The molecule has 9 heteroatoms. The van der Waals surface area contributed by atoms with E-state index in [2.05, 4.69) is 18.4 Å².